The van der Waals surface area contributed by atoms with E-state index in [0.29, 0.717) is 10.2 Å². The molecule has 1 aromatic carbocycles. The van der Waals surface area contributed by atoms with Crippen LogP contribution in [0.2, 0.25) is 0 Å². The van der Waals surface area contributed by atoms with Crippen LogP contribution in [0.5, 0.6) is 0 Å². The van der Waals surface area contributed by atoms with E-state index < -0.39 is 0 Å². The number of benzene rings is 1. The van der Waals surface area contributed by atoms with Gasteiger partial charge in [0.2, 0.25) is 0 Å². The monoisotopic (exact) mass is 360 g/mol. The van der Waals surface area contributed by atoms with Crippen LogP contribution < -0.4 is 0 Å². The Morgan fingerprint density at radius 3 is 1.88 bits per heavy atom. The summed E-state index contributed by atoms with van der Waals surface area (Å²) >= 11 is 1.97. The van der Waals surface area contributed by atoms with Crippen molar-refractivity contribution in [1.29, 1.82) is 0 Å². The van der Waals surface area contributed by atoms with Crippen molar-refractivity contribution in [3.05, 3.63) is 30.3 Å². The molecule has 0 saturated heterocycles. The second kappa shape index (κ2) is 6.91. The fraction of sp³-hybridized carbons (Fsp3) is 0.571. The predicted molar refractivity (Wildman–Crippen MR) is 76.2 cm³/mol. The van der Waals surface area contributed by atoms with E-state index in [4.69, 9.17) is 0 Å². The van der Waals surface area contributed by atoms with E-state index in [1.54, 1.807) is 0 Å². The molecule has 2 radical (unpaired) electrons. The van der Waals surface area contributed by atoms with Gasteiger partial charge in [-0.05, 0) is 24.0 Å². The Morgan fingerprint density at radius 1 is 0.938 bits per heavy atom. The van der Waals surface area contributed by atoms with Crippen molar-refractivity contribution >= 4 is 60.6 Å². The zero-order chi connectivity index (χ0) is 11.5. The third kappa shape index (κ3) is 7.46. The van der Waals surface area contributed by atoms with E-state index in [1.165, 1.54) is 11.3 Å². The van der Waals surface area contributed by atoms with Gasteiger partial charge in [-0.25, -0.2) is 0 Å². The molecular weight excluding hydrogens is 338 g/mol. The van der Waals surface area contributed by atoms with Gasteiger partial charge in [0, 0.05) is 58.5 Å². The van der Waals surface area contributed by atoms with Gasteiger partial charge in [0.1, 0.15) is 0 Å². The van der Waals surface area contributed by atoms with E-state index in [0.717, 1.165) is 0 Å². The summed E-state index contributed by atoms with van der Waals surface area (Å²) in [6.45, 7) is 11.6. The molecule has 0 saturated carbocycles. The fourth-order valence-electron chi connectivity index (χ4n) is 2.12. The first kappa shape index (κ1) is 17.1. The van der Waals surface area contributed by atoms with Crippen LogP contribution in [0.4, 0.5) is 0 Å². The van der Waals surface area contributed by atoms with Crippen molar-refractivity contribution in [1.82, 2.24) is 0 Å². The Kier molecular flexibility index (Phi) is 7.40. The van der Waals surface area contributed by atoms with Crippen molar-refractivity contribution in [2.24, 2.45) is 5.41 Å². The first-order chi connectivity index (χ1) is 6.79. The Bertz CT molecular complexity index is 298. The minimum absolute atomic E-state index is 0. The van der Waals surface area contributed by atoms with Gasteiger partial charge in [0.15, 0.2) is 0 Å². The first-order valence-electron chi connectivity index (χ1n) is 5.53. The van der Waals surface area contributed by atoms with Crippen LogP contribution in [0.1, 0.15) is 41.0 Å². The Balaban J connectivity index is 0.00000225. The molecule has 0 aromatic heterocycles. The molecule has 0 aliphatic carbocycles. The van der Waals surface area contributed by atoms with Crippen molar-refractivity contribution in [3.8, 4) is 0 Å². The number of thioether (sulfide) groups is 1. The third-order valence-electron chi connectivity index (χ3n) is 2.09. The molecule has 0 unspecified atom stereocenters. The molecule has 0 aliphatic heterocycles. The van der Waals surface area contributed by atoms with Gasteiger partial charge in [0.05, 0.1) is 0 Å². The zero-order valence-electron chi connectivity index (χ0n) is 11.2. The fourth-order valence-corrected chi connectivity index (χ4v) is 3.56. The molecule has 0 N–H and O–H groups in total. The van der Waals surface area contributed by atoms with Crippen LogP contribution in [-0.2, 0) is 0 Å². The van der Waals surface area contributed by atoms with Crippen LogP contribution in [0.15, 0.2) is 35.2 Å². The SMILES string of the molecule is CC(C)(C)CC(C)(C)Sc1ccccc1.[Ba]. The number of rotatable bonds is 3. The van der Waals surface area contributed by atoms with Gasteiger partial charge in [-0.3, -0.25) is 0 Å². The molecule has 2 heteroatoms. The van der Waals surface area contributed by atoms with Crippen LogP contribution >= 0.6 is 11.8 Å². The Labute approximate surface area is 145 Å². The van der Waals surface area contributed by atoms with Crippen LogP contribution in [0.3, 0.4) is 0 Å². The van der Waals surface area contributed by atoms with Gasteiger partial charge >= 0.3 is 0 Å². The molecule has 0 nitrogen and oxygen atoms in total. The standard InChI is InChI=1S/C14H22S.Ba/c1-13(2,3)11-14(4,5)15-12-9-7-6-8-10-12;/h6-10H,11H2,1-5H3;. The van der Waals surface area contributed by atoms with Crippen molar-refractivity contribution < 1.29 is 0 Å². The van der Waals surface area contributed by atoms with Crippen LogP contribution in [-0.4, -0.2) is 53.6 Å². The molecule has 16 heavy (non-hydrogen) atoms. The molecule has 0 bridgehead atoms. The molecule has 1 aromatic rings. The van der Waals surface area contributed by atoms with E-state index in [2.05, 4.69) is 65.0 Å². The largest absolute Gasteiger partial charge is 0.120 e. The quantitative estimate of drug-likeness (QED) is 0.561. The second-order valence-electron chi connectivity index (χ2n) is 5.91. The van der Waals surface area contributed by atoms with E-state index >= 15 is 0 Å². The summed E-state index contributed by atoms with van der Waals surface area (Å²) in [6.07, 6.45) is 1.22. The minimum Gasteiger partial charge on any atom is -0.120 e. The molecular formula is C14H22BaS. The predicted octanol–water partition coefficient (Wildman–Crippen LogP) is 4.61. The summed E-state index contributed by atoms with van der Waals surface area (Å²) in [6, 6.07) is 10.7. The Hall–Kier alpha value is 1.14. The molecule has 0 aliphatic rings. The average molecular weight is 360 g/mol. The molecule has 0 spiro atoms. The molecule has 86 valence electrons. The van der Waals surface area contributed by atoms with Crippen LogP contribution in [0, 0.1) is 5.41 Å². The summed E-state index contributed by atoms with van der Waals surface area (Å²) in [7, 11) is 0. The second-order valence-corrected chi connectivity index (χ2v) is 7.69. The third-order valence-corrected chi connectivity index (χ3v) is 3.30. The summed E-state index contributed by atoms with van der Waals surface area (Å²) in [4.78, 5) is 1.37. The van der Waals surface area contributed by atoms with E-state index in [-0.39, 0.29) is 48.9 Å². The molecule has 0 atom stereocenters. The maximum atomic E-state index is 2.33. The van der Waals surface area contributed by atoms with Gasteiger partial charge in [-0.2, -0.15) is 0 Å². The van der Waals surface area contributed by atoms with Crippen molar-refractivity contribution in [3.63, 3.8) is 0 Å². The number of hydrogen-bond donors (Lipinski definition) is 0. The van der Waals surface area contributed by atoms with E-state index in [9.17, 15) is 0 Å². The number of hydrogen-bond acceptors (Lipinski definition) is 1. The Morgan fingerprint density at radius 2 is 1.44 bits per heavy atom. The van der Waals surface area contributed by atoms with Crippen LogP contribution in [0.25, 0.3) is 0 Å². The average Bonchev–Trinajstić information content (AvgIpc) is 1.99. The topological polar surface area (TPSA) is 0 Å². The van der Waals surface area contributed by atoms with Gasteiger partial charge < -0.3 is 0 Å². The summed E-state index contributed by atoms with van der Waals surface area (Å²) < 4.78 is 0.305. The summed E-state index contributed by atoms with van der Waals surface area (Å²) in [5.41, 5.74) is 0.394. The van der Waals surface area contributed by atoms with Gasteiger partial charge in [-0.1, -0.05) is 52.8 Å². The molecule has 0 amide bonds. The van der Waals surface area contributed by atoms with Gasteiger partial charge in [0.25, 0.3) is 0 Å². The smallest absolute Gasteiger partial charge is 0.0155 e. The zero-order valence-corrected chi connectivity index (χ0v) is 16.5. The summed E-state index contributed by atoms with van der Waals surface area (Å²) in [5, 5.41) is 0. The van der Waals surface area contributed by atoms with Crippen molar-refractivity contribution in [2.45, 2.75) is 50.7 Å². The van der Waals surface area contributed by atoms with Crippen molar-refractivity contribution in [2.75, 3.05) is 0 Å². The summed E-state index contributed by atoms with van der Waals surface area (Å²) in [5.74, 6) is 0. The minimum atomic E-state index is 0. The molecule has 0 heterocycles. The van der Waals surface area contributed by atoms with Gasteiger partial charge in [-0.15, -0.1) is 11.8 Å². The normalized spacial score (nSPS) is 12.1. The maximum Gasteiger partial charge on any atom is 0.0155 e. The molecule has 1 rings (SSSR count). The first-order valence-corrected chi connectivity index (χ1v) is 6.34. The maximum absolute atomic E-state index is 2.33. The van der Waals surface area contributed by atoms with E-state index in [1.807, 2.05) is 11.8 Å². The molecule has 0 fully saturated rings.